The lowest BCUT2D eigenvalue weighted by atomic mass is 10.00. The van der Waals surface area contributed by atoms with Crippen LogP contribution in [0.5, 0.6) is 0 Å². The Morgan fingerprint density at radius 1 is 0.960 bits per heavy atom. The van der Waals surface area contributed by atoms with Gasteiger partial charge in [0.05, 0.1) is 13.7 Å². The quantitative estimate of drug-likeness (QED) is 0.108. The van der Waals surface area contributed by atoms with E-state index in [4.69, 9.17) is 9.47 Å². The van der Waals surface area contributed by atoms with Crippen molar-refractivity contribution in [3.05, 3.63) is 0 Å². The summed E-state index contributed by atoms with van der Waals surface area (Å²) in [7, 11) is 1.42. The minimum atomic E-state index is -0.688. The first-order chi connectivity index (χ1) is 12.1. The van der Waals surface area contributed by atoms with Crippen molar-refractivity contribution in [2.75, 3.05) is 13.7 Å². The summed E-state index contributed by atoms with van der Waals surface area (Å²) >= 11 is 7.48. The molecule has 1 heterocycles. The summed E-state index contributed by atoms with van der Waals surface area (Å²) in [5.41, 5.74) is -0.688. The molecule has 3 atom stereocenters. The molecule has 0 radical (unpaired) electrons. The standard InChI is InChI=1S/C20H36Br2O3/c1-3-4-5-6-7-8-9-10-11-12-13-14-17(21)18(22)15-20(16-25-20)19(23)24-2/h17-18H,3-16H2,1-2H3. The molecule has 0 saturated carbocycles. The Bertz CT molecular complexity index is 359. The van der Waals surface area contributed by atoms with Crippen molar-refractivity contribution in [2.24, 2.45) is 0 Å². The number of carbonyl (C=O) groups is 1. The summed E-state index contributed by atoms with van der Waals surface area (Å²) in [6, 6.07) is 0. The molecule has 1 aliphatic rings. The summed E-state index contributed by atoms with van der Waals surface area (Å²) < 4.78 is 10.2. The minimum Gasteiger partial charge on any atom is -0.467 e. The SMILES string of the molecule is CCCCCCCCCCCCCC(Br)C(Br)CC1(C(=O)OC)CO1. The van der Waals surface area contributed by atoms with E-state index in [-0.39, 0.29) is 10.8 Å². The Morgan fingerprint density at radius 2 is 1.44 bits per heavy atom. The zero-order valence-corrected chi connectivity index (χ0v) is 19.2. The molecular formula is C20H36Br2O3. The van der Waals surface area contributed by atoms with Crippen LogP contribution in [0.15, 0.2) is 0 Å². The average molecular weight is 484 g/mol. The van der Waals surface area contributed by atoms with Crippen LogP contribution in [0.2, 0.25) is 0 Å². The number of alkyl halides is 2. The number of halogens is 2. The van der Waals surface area contributed by atoms with Crippen molar-refractivity contribution in [1.82, 2.24) is 0 Å². The predicted octanol–water partition coefficient (Wildman–Crippen LogP) is 6.55. The Hall–Kier alpha value is 0.390. The highest BCUT2D eigenvalue weighted by atomic mass is 79.9. The Labute approximate surface area is 171 Å². The van der Waals surface area contributed by atoms with Gasteiger partial charge in [0.25, 0.3) is 0 Å². The van der Waals surface area contributed by atoms with E-state index in [1.54, 1.807) is 0 Å². The fraction of sp³-hybridized carbons (Fsp3) is 0.950. The first-order valence-electron chi connectivity index (χ1n) is 10.1. The van der Waals surface area contributed by atoms with Gasteiger partial charge in [0.1, 0.15) is 0 Å². The summed E-state index contributed by atoms with van der Waals surface area (Å²) in [5, 5.41) is 0. The van der Waals surface area contributed by atoms with Crippen LogP contribution in [0.3, 0.4) is 0 Å². The van der Waals surface area contributed by atoms with E-state index in [2.05, 4.69) is 38.8 Å². The van der Waals surface area contributed by atoms with Gasteiger partial charge in [-0.2, -0.15) is 0 Å². The third-order valence-electron chi connectivity index (χ3n) is 5.05. The highest BCUT2D eigenvalue weighted by Gasteiger charge is 2.54. The molecule has 0 aromatic heterocycles. The van der Waals surface area contributed by atoms with E-state index in [1.165, 1.54) is 77.7 Å². The number of rotatable bonds is 16. The second-order valence-electron chi connectivity index (χ2n) is 7.33. The zero-order valence-electron chi connectivity index (χ0n) is 16.0. The lowest BCUT2D eigenvalue weighted by Gasteiger charge is -2.19. The molecule has 1 aliphatic heterocycles. The van der Waals surface area contributed by atoms with Crippen molar-refractivity contribution in [3.63, 3.8) is 0 Å². The van der Waals surface area contributed by atoms with Gasteiger partial charge in [0.15, 0.2) is 5.60 Å². The Balaban J connectivity index is 1.96. The number of ether oxygens (including phenoxy) is 2. The normalized spacial score (nSPS) is 21.8. The van der Waals surface area contributed by atoms with Crippen LogP contribution in [0.4, 0.5) is 0 Å². The van der Waals surface area contributed by atoms with Crippen molar-refractivity contribution >= 4 is 37.8 Å². The molecule has 1 fully saturated rings. The molecule has 0 bridgehead atoms. The van der Waals surface area contributed by atoms with Crippen LogP contribution < -0.4 is 0 Å². The van der Waals surface area contributed by atoms with Gasteiger partial charge in [-0.25, -0.2) is 4.79 Å². The van der Waals surface area contributed by atoms with E-state index >= 15 is 0 Å². The highest BCUT2D eigenvalue weighted by Crippen LogP contribution is 2.38. The van der Waals surface area contributed by atoms with E-state index in [9.17, 15) is 4.79 Å². The lowest BCUT2D eigenvalue weighted by Crippen LogP contribution is -2.32. The maximum Gasteiger partial charge on any atom is 0.340 e. The van der Waals surface area contributed by atoms with Crippen LogP contribution in [-0.4, -0.2) is 34.9 Å². The van der Waals surface area contributed by atoms with Crippen molar-refractivity contribution < 1.29 is 14.3 Å². The zero-order chi connectivity index (χ0) is 18.5. The first-order valence-corrected chi connectivity index (χ1v) is 11.9. The first kappa shape index (κ1) is 23.4. The number of epoxide rings is 1. The van der Waals surface area contributed by atoms with Crippen LogP contribution in [0.25, 0.3) is 0 Å². The molecule has 1 rings (SSSR count). The Kier molecular flexibility index (Phi) is 12.7. The molecule has 0 aromatic carbocycles. The van der Waals surface area contributed by atoms with Gasteiger partial charge in [0, 0.05) is 16.1 Å². The molecule has 0 aromatic rings. The average Bonchev–Trinajstić information content (AvgIpc) is 3.39. The van der Waals surface area contributed by atoms with E-state index in [1.807, 2.05) is 0 Å². The van der Waals surface area contributed by atoms with Gasteiger partial charge in [-0.3, -0.25) is 0 Å². The monoisotopic (exact) mass is 482 g/mol. The summed E-state index contributed by atoms with van der Waals surface area (Å²) in [5.74, 6) is -0.244. The fourth-order valence-electron chi connectivity index (χ4n) is 3.22. The lowest BCUT2D eigenvalue weighted by molar-refractivity contribution is -0.147. The molecule has 5 heteroatoms. The third-order valence-corrected chi connectivity index (χ3v) is 7.82. The second kappa shape index (κ2) is 13.5. The van der Waals surface area contributed by atoms with Crippen LogP contribution >= 0.6 is 31.9 Å². The minimum absolute atomic E-state index is 0.234. The maximum atomic E-state index is 11.7. The van der Waals surface area contributed by atoms with Crippen LogP contribution in [0.1, 0.15) is 90.4 Å². The molecule has 25 heavy (non-hydrogen) atoms. The molecular weight excluding hydrogens is 448 g/mol. The van der Waals surface area contributed by atoms with Gasteiger partial charge >= 0.3 is 5.97 Å². The van der Waals surface area contributed by atoms with Gasteiger partial charge < -0.3 is 9.47 Å². The van der Waals surface area contributed by atoms with Gasteiger partial charge in [-0.1, -0.05) is 109 Å². The molecule has 0 N–H and O–H groups in total. The summed E-state index contributed by atoms with van der Waals surface area (Å²) in [6.07, 6.45) is 16.8. The fourth-order valence-corrected chi connectivity index (χ4v) is 4.52. The number of unbranched alkanes of at least 4 members (excludes halogenated alkanes) is 10. The van der Waals surface area contributed by atoms with Gasteiger partial charge in [-0.15, -0.1) is 0 Å². The molecule has 3 unspecified atom stereocenters. The second-order valence-corrected chi connectivity index (χ2v) is 9.69. The maximum absolute atomic E-state index is 11.7. The summed E-state index contributed by atoms with van der Waals surface area (Å²) in [4.78, 5) is 12.3. The number of hydrogen-bond acceptors (Lipinski definition) is 3. The molecule has 3 nitrogen and oxygen atoms in total. The molecule has 0 amide bonds. The molecule has 0 aliphatic carbocycles. The smallest absolute Gasteiger partial charge is 0.340 e. The van der Waals surface area contributed by atoms with Gasteiger partial charge in [-0.05, 0) is 6.42 Å². The van der Waals surface area contributed by atoms with Crippen LogP contribution in [0, 0.1) is 0 Å². The number of methoxy groups -OCH3 is 1. The van der Waals surface area contributed by atoms with Crippen molar-refractivity contribution in [3.8, 4) is 0 Å². The van der Waals surface area contributed by atoms with Crippen molar-refractivity contribution in [2.45, 2.75) is 106 Å². The highest BCUT2D eigenvalue weighted by molar-refractivity contribution is 9.12. The predicted molar refractivity (Wildman–Crippen MR) is 112 cm³/mol. The van der Waals surface area contributed by atoms with E-state index < -0.39 is 5.60 Å². The van der Waals surface area contributed by atoms with Gasteiger partial charge in [0.2, 0.25) is 0 Å². The number of carbonyl (C=O) groups excluding carboxylic acids is 1. The number of hydrogen-bond donors (Lipinski definition) is 0. The molecule has 148 valence electrons. The largest absolute Gasteiger partial charge is 0.467 e. The van der Waals surface area contributed by atoms with E-state index in [0.29, 0.717) is 17.9 Å². The number of esters is 1. The van der Waals surface area contributed by atoms with Crippen molar-refractivity contribution in [1.29, 1.82) is 0 Å². The third kappa shape index (κ3) is 9.76. The molecule has 1 saturated heterocycles. The van der Waals surface area contributed by atoms with E-state index in [0.717, 1.165) is 6.42 Å². The topological polar surface area (TPSA) is 38.8 Å². The Morgan fingerprint density at radius 3 is 1.88 bits per heavy atom. The van der Waals surface area contributed by atoms with Crippen LogP contribution in [-0.2, 0) is 14.3 Å². The molecule has 0 spiro atoms. The summed E-state index contributed by atoms with van der Waals surface area (Å²) in [6.45, 7) is 2.76.